The van der Waals surface area contributed by atoms with Gasteiger partial charge in [0.15, 0.2) is 0 Å². The van der Waals surface area contributed by atoms with Crippen LogP contribution in [0.5, 0.6) is 0 Å². The van der Waals surface area contributed by atoms with Crippen LogP contribution in [0.1, 0.15) is 29.3 Å². The summed E-state index contributed by atoms with van der Waals surface area (Å²) in [4.78, 5) is 12.0. The minimum Gasteiger partial charge on any atom is -0.348 e. The molecule has 21 heavy (non-hydrogen) atoms. The Morgan fingerprint density at radius 1 is 1.29 bits per heavy atom. The highest BCUT2D eigenvalue weighted by Gasteiger charge is 2.30. The normalized spacial score (nSPS) is 22.3. The van der Waals surface area contributed by atoms with E-state index in [0.717, 1.165) is 25.1 Å². The number of carbonyl (C=O) groups excluding carboxylic acids is 1. The summed E-state index contributed by atoms with van der Waals surface area (Å²) in [6, 6.07) is 4.28. The number of alkyl halides is 3. The molecular formula is C14H18ClF3N2O. The van der Waals surface area contributed by atoms with Crippen LogP contribution in [0.25, 0.3) is 0 Å². The zero-order valence-electron chi connectivity index (χ0n) is 11.5. The molecule has 118 valence electrons. The molecule has 1 amide bonds. The Labute approximate surface area is 127 Å². The molecule has 0 saturated carbocycles. The highest BCUT2D eigenvalue weighted by molar-refractivity contribution is 5.94. The predicted octanol–water partition coefficient (Wildman–Crippen LogP) is 2.86. The first-order valence-corrected chi connectivity index (χ1v) is 6.57. The third-order valence-electron chi connectivity index (χ3n) is 3.62. The van der Waals surface area contributed by atoms with E-state index < -0.39 is 11.7 Å². The van der Waals surface area contributed by atoms with Gasteiger partial charge in [0, 0.05) is 18.2 Å². The topological polar surface area (TPSA) is 41.1 Å². The second-order valence-electron chi connectivity index (χ2n) is 5.13. The van der Waals surface area contributed by atoms with Crippen LogP contribution in [0.15, 0.2) is 24.3 Å². The fourth-order valence-corrected chi connectivity index (χ4v) is 2.25. The summed E-state index contributed by atoms with van der Waals surface area (Å²) < 4.78 is 37.3. The van der Waals surface area contributed by atoms with Crippen molar-refractivity contribution in [2.45, 2.75) is 25.6 Å². The van der Waals surface area contributed by atoms with E-state index in [4.69, 9.17) is 0 Å². The molecule has 0 bridgehead atoms. The average molecular weight is 323 g/mol. The van der Waals surface area contributed by atoms with Crippen LogP contribution >= 0.6 is 12.4 Å². The maximum absolute atomic E-state index is 12.4. The lowest BCUT2D eigenvalue weighted by Crippen LogP contribution is -2.50. The zero-order valence-corrected chi connectivity index (χ0v) is 12.4. The summed E-state index contributed by atoms with van der Waals surface area (Å²) >= 11 is 0. The van der Waals surface area contributed by atoms with Crippen molar-refractivity contribution in [3.63, 3.8) is 0 Å². The minimum atomic E-state index is -4.38. The van der Waals surface area contributed by atoms with E-state index in [1.54, 1.807) is 0 Å². The Morgan fingerprint density at radius 2 is 1.90 bits per heavy atom. The van der Waals surface area contributed by atoms with Gasteiger partial charge in [-0.3, -0.25) is 4.79 Å². The highest BCUT2D eigenvalue weighted by Crippen LogP contribution is 2.29. The Bertz CT molecular complexity index is 476. The van der Waals surface area contributed by atoms with Crippen LogP contribution in [-0.2, 0) is 6.18 Å². The van der Waals surface area contributed by atoms with Gasteiger partial charge >= 0.3 is 6.18 Å². The van der Waals surface area contributed by atoms with Crippen molar-refractivity contribution in [2.24, 2.45) is 5.92 Å². The van der Waals surface area contributed by atoms with Crippen molar-refractivity contribution < 1.29 is 18.0 Å². The van der Waals surface area contributed by atoms with Crippen LogP contribution in [0, 0.1) is 5.92 Å². The van der Waals surface area contributed by atoms with Gasteiger partial charge in [0.05, 0.1) is 5.56 Å². The molecule has 1 saturated heterocycles. The monoisotopic (exact) mass is 322 g/mol. The Morgan fingerprint density at radius 3 is 2.43 bits per heavy atom. The van der Waals surface area contributed by atoms with Gasteiger partial charge in [-0.05, 0) is 43.1 Å². The molecule has 1 aliphatic rings. The molecule has 0 aromatic heterocycles. The second-order valence-corrected chi connectivity index (χ2v) is 5.13. The van der Waals surface area contributed by atoms with Gasteiger partial charge in [-0.25, -0.2) is 0 Å². The van der Waals surface area contributed by atoms with Crippen molar-refractivity contribution in [3.05, 3.63) is 35.4 Å². The van der Waals surface area contributed by atoms with Gasteiger partial charge in [-0.2, -0.15) is 13.2 Å². The van der Waals surface area contributed by atoms with Crippen molar-refractivity contribution in [3.8, 4) is 0 Å². The predicted molar refractivity (Wildman–Crippen MR) is 76.6 cm³/mol. The molecule has 2 unspecified atom stereocenters. The molecule has 7 heteroatoms. The standard InChI is InChI=1S/C14H17F3N2O.ClH/c1-9-6-7-18-8-12(9)19-13(20)10-2-4-11(5-3-10)14(15,16)17;/h2-5,9,12,18H,6-8H2,1H3,(H,19,20);1H. The fraction of sp³-hybridized carbons (Fsp3) is 0.500. The molecule has 0 radical (unpaired) electrons. The Kier molecular flexibility index (Phi) is 6.04. The van der Waals surface area contributed by atoms with E-state index in [9.17, 15) is 18.0 Å². The number of nitrogens with one attached hydrogen (secondary N) is 2. The number of carbonyl (C=O) groups is 1. The maximum atomic E-state index is 12.4. The molecule has 1 fully saturated rings. The molecule has 2 rings (SSSR count). The van der Waals surface area contributed by atoms with E-state index in [2.05, 4.69) is 17.6 Å². The summed E-state index contributed by atoms with van der Waals surface area (Å²) in [5.41, 5.74) is -0.502. The number of benzene rings is 1. The molecule has 2 N–H and O–H groups in total. The molecular weight excluding hydrogens is 305 g/mol. The van der Waals surface area contributed by atoms with E-state index in [1.165, 1.54) is 12.1 Å². The number of hydrogen-bond donors (Lipinski definition) is 2. The first kappa shape index (κ1) is 17.8. The molecule has 3 nitrogen and oxygen atoms in total. The molecule has 1 aromatic rings. The highest BCUT2D eigenvalue weighted by atomic mass is 35.5. The SMILES string of the molecule is CC1CCNCC1NC(=O)c1ccc(C(F)(F)F)cc1.Cl. The summed E-state index contributed by atoms with van der Waals surface area (Å²) in [5.74, 6) is 0.0222. The van der Waals surface area contributed by atoms with Crippen LogP contribution in [0.4, 0.5) is 13.2 Å². The summed E-state index contributed by atoms with van der Waals surface area (Å²) in [7, 11) is 0. The van der Waals surface area contributed by atoms with Gasteiger partial charge in [-0.1, -0.05) is 6.92 Å². The third kappa shape index (κ3) is 4.61. The smallest absolute Gasteiger partial charge is 0.348 e. The molecule has 0 aliphatic carbocycles. The fourth-order valence-electron chi connectivity index (χ4n) is 2.25. The quantitative estimate of drug-likeness (QED) is 0.879. The lowest BCUT2D eigenvalue weighted by atomic mass is 9.94. The van der Waals surface area contributed by atoms with Crippen LogP contribution in [0.3, 0.4) is 0 Å². The van der Waals surface area contributed by atoms with Gasteiger partial charge < -0.3 is 10.6 Å². The van der Waals surface area contributed by atoms with Gasteiger partial charge in [0.2, 0.25) is 0 Å². The van der Waals surface area contributed by atoms with Gasteiger partial charge in [0.25, 0.3) is 5.91 Å². The lowest BCUT2D eigenvalue weighted by molar-refractivity contribution is -0.137. The molecule has 1 heterocycles. The van der Waals surface area contributed by atoms with Gasteiger partial charge in [0.1, 0.15) is 0 Å². The first-order valence-electron chi connectivity index (χ1n) is 6.57. The number of rotatable bonds is 2. The average Bonchev–Trinajstić information content (AvgIpc) is 2.40. The first-order chi connectivity index (χ1) is 9.38. The maximum Gasteiger partial charge on any atom is 0.416 e. The molecule has 0 spiro atoms. The molecule has 1 aromatic carbocycles. The van der Waals surface area contributed by atoms with E-state index in [-0.39, 0.29) is 29.9 Å². The number of halogens is 4. The van der Waals surface area contributed by atoms with E-state index in [0.29, 0.717) is 12.5 Å². The Hall–Kier alpha value is -1.27. The summed E-state index contributed by atoms with van der Waals surface area (Å²) in [6.45, 7) is 3.67. The van der Waals surface area contributed by atoms with Crippen molar-refractivity contribution in [2.75, 3.05) is 13.1 Å². The van der Waals surface area contributed by atoms with Crippen LogP contribution in [-0.4, -0.2) is 25.0 Å². The number of piperidine rings is 1. The number of hydrogen-bond acceptors (Lipinski definition) is 2. The lowest BCUT2D eigenvalue weighted by Gasteiger charge is -2.30. The van der Waals surface area contributed by atoms with Gasteiger partial charge in [-0.15, -0.1) is 12.4 Å². The summed E-state index contributed by atoms with van der Waals surface area (Å²) in [5, 5.41) is 6.05. The van der Waals surface area contributed by atoms with Crippen LogP contribution < -0.4 is 10.6 Å². The summed E-state index contributed by atoms with van der Waals surface area (Å²) in [6.07, 6.45) is -3.41. The van der Waals surface area contributed by atoms with Crippen molar-refractivity contribution in [1.29, 1.82) is 0 Å². The largest absolute Gasteiger partial charge is 0.416 e. The van der Waals surface area contributed by atoms with E-state index in [1.807, 2.05) is 0 Å². The van der Waals surface area contributed by atoms with Crippen molar-refractivity contribution >= 4 is 18.3 Å². The van der Waals surface area contributed by atoms with Crippen molar-refractivity contribution in [1.82, 2.24) is 10.6 Å². The van der Waals surface area contributed by atoms with Crippen LogP contribution in [0.2, 0.25) is 0 Å². The van der Waals surface area contributed by atoms with E-state index >= 15 is 0 Å². The minimum absolute atomic E-state index is 0. The third-order valence-corrected chi connectivity index (χ3v) is 3.62. The molecule has 1 aliphatic heterocycles. The Balaban J connectivity index is 0.00000220. The zero-order chi connectivity index (χ0) is 14.8. The molecule has 2 atom stereocenters. The number of amides is 1. The second kappa shape index (κ2) is 7.13.